The fourth-order valence-corrected chi connectivity index (χ4v) is 5.38. The predicted octanol–water partition coefficient (Wildman–Crippen LogP) is 4.40. The van der Waals surface area contributed by atoms with E-state index in [1.165, 1.54) is 28.4 Å². The van der Waals surface area contributed by atoms with Gasteiger partial charge in [0.25, 0.3) is 11.8 Å². The fraction of sp³-hybridized carbons (Fsp3) is 0.519. The molecule has 2 aromatic rings. The summed E-state index contributed by atoms with van der Waals surface area (Å²) in [5.74, 6) is -1.11. The Balaban J connectivity index is 1.52. The van der Waals surface area contributed by atoms with Crippen LogP contribution < -0.4 is 15.5 Å². The van der Waals surface area contributed by atoms with Crippen LogP contribution in [-0.2, 0) is 14.3 Å². The number of ether oxygens (including phenoxy) is 1. The van der Waals surface area contributed by atoms with Crippen molar-refractivity contribution in [3.05, 3.63) is 45.4 Å². The highest BCUT2D eigenvalue weighted by molar-refractivity contribution is 7.18. The molecule has 4 rings (SSSR count). The Morgan fingerprint density at radius 1 is 1.26 bits per heavy atom. The first-order valence-electron chi connectivity index (χ1n) is 12.8. The number of morpholine rings is 1. The normalized spacial score (nSPS) is 17.0. The zero-order chi connectivity index (χ0) is 27.4. The lowest BCUT2D eigenvalue weighted by Crippen LogP contribution is -2.53. The van der Waals surface area contributed by atoms with E-state index in [0.29, 0.717) is 40.5 Å². The maximum atomic E-state index is 15.1. The number of amides is 3. The number of benzene rings is 1. The minimum absolute atomic E-state index is 0.0166. The summed E-state index contributed by atoms with van der Waals surface area (Å²) in [4.78, 5) is 42.5. The molecule has 2 fully saturated rings. The van der Waals surface area contributed by atoms with Crippen LogP contribution in [-0.4, -0.2) is 68.1 Å². The van der Waals surface area contributed by atoms with Gasteiger partial charge in [0, 0.05) is 31.9 Å². The van der Waals surface area contributed by atoms with Crippen molar-refractivity contribution in [2.24, 2.45) is 11.3 Å². The van der Waals surface area contributed by atoms with E-state index in [1.54, 1.807) is 18.2 Å². The van der Waals surface area contributed by atoms with Crippen LogP contribution in [0.4, 0.5) is 15.8 Å². The maximum absolute atomic E-state index is 15.1. The summed E-state index contributed by atoms with van der Waals surface area (Å²) in [6.45, 7) is 8.37. The highest BCUT2D eigenvalue weighted by atomic mass is 35.5. The maximum Gasteiger partial charge on any atom is 0.261 e. The molecule has 0 spiro atoms. The van der Waals surface area contributed by atoms with Crippen molar-refractivity contribution in [1.82, 2.24) is 10.2 Å². The fourth-order valence-electron chi connectivity index (χ4n) is 4.42. The van der Waals surface area contributed by atoms with Crippen LogP contribution in [0.25, 0.3) is 0 Å². The summed E-state index contributed by atoms with van der Waals surface area (Å²) in [5.41, 5.74) is 0.328. The molecule has 2 N–H and O–H groups in total. The summed E-state index contributed by atoms with van der Waals surface area (Å²) in [7, 11) is 0. The Morgan fingerprint density at radius 3 is 2.63 bits per heavy atom. The molecule has 1 aromatic carbocycles. The van der Waals surface area contributed by atoms with Crippen molar-refractivity contribution in [2.75, 3.05) is 49.6 Å². The average molecular weight is 565 g/mol. The number of carbonyl (C=O) groups excluding carboxylic acids is 3. The standard InChI is InChI=1S/C27H34ClFN4O4S/c1-27(2,3)16-32(14-17-4-5-17)21(13-30-26(36)22-8-9-23(28)38-22)25(35)31-20-7-6-18(12-19(20)29)33-10-11-37-15-24(33)34/h6-9,12,17,21H,4-5,10-11,13-16H2,1-3H3,(H,30,36)(H,31,35)/t21-/m1/s1. The number of carbonyl (C=O) groups is 3. The van der Waals surface area contributed by atoms with Gasteiger partial charge in [0.1, 0.15) is 18.5 Å². The lowest BCUT2D eigenvalue weighted by molar-refractivity contribution is -0.125. The molecule has 1 atom stereocenters. The Labute approximate surface area is 231 Å². The Kier molecular flexibility index (Phi) is 9.07. The van der Waals surface area contributed by atoms with E-state index >= 15 is 4.39 Å². The highest BCUT2D eigenvalue weighted by Gasteiger charge is 2.34. The number of anilines is 2. The van der Waals surface area contributed by atoms with Crippen LogP contribution in [0, 0.1) is 17.2 Å². The molecule has 38 heavy (non-hydrogen) atoms. The number of hydrogen-bond acceptors (Lipinski definition) is 6. The van der Waals surface area contributed by atoms with Crippen LogP contribution in [0.15, 0.2) is 30.3 Å². The third kappa shape index (κ3) is 7.75. The van der Waals surface area contributed by atoms with Gasteiger partial charge in [-0.2, -0.15) is 0 Å². The van der Waals surface area contributed by atoms with Crippen LogP contribution in [0.5, 0.6) is 0 Å². The molecule has 8 nitrogen and oxygen atoms in total. The highest BCUT2D eigenvalue weighted by Crippen LogP contribution is 2.32. The first kappa shape index (κ1) is 28.5. The monoisotopic (exact) mass is 564 g/mol. The molecule has 0 bridgehead atoms. The van der Waals surface area contributed by atoms with E-state index < -0.39 is 17.8 Å². The van der Waals surface area contributed by atoms with E-state index in [1.807, 2.05) is 0 Å². The second kappa shape index (κ2) is 12.1. The number of thiophene rings is 1. The Hall–Kier alpha value is -2.53. The molecule has 1 aliphatic carbocycles. The lowest BCUT2D eigenvalue weighted by Gasteiger charge is -2.36. The van der Waals surface area contributed by atoms with Gasteiger partial charge < -0.3 is 20.3 Å². The first-order valence-corrected chi connectivity index (χ1v) is 14.0. The van der Waals surface area contributed by atoms with Gasteiger partial charge in [-0.05, 0) is 54.5 Å². The summed E-state index contributed by atoms with van der Waals surface area (Å²) in [6.07, 6.45) is 2.21. The molecule has 0 unspecified atom stereocenters. The molecule has 1 saturated carbocycles. The van der Waals surface area contributed by atoms with Crippen LogP contribution in [0.1, 0.15) is 43.3 Å². The van der Waals surface area contributed by atoms with Crippen molar-refractivity contribution in [1.29, 1.82) is 0 Å². The first-order chi connectivity index (χ1) is 18.0. The van der Waals surface area contributed by atoms with Gasteiger partial charge in [0.15, 0.2) is 0 Å². The SMILES string of the molecule is CC(C)(C)CN(CC1CC1)[C@H](CNC(=O)c1ccc(Cl)s1)C(=O)Nc1ccc(N2CCOCC2=O)cc1F. The van der Waals surface area contributed by atoms with Crippen molar-refractivity contribution < 1.29 is 23.5 Å². The number of nitrogens with zero attached hydrogens (tertiary/aromatic N) is 2. The zero-order valence-electron chi connectivity index (χ0n) is 21.9. The van der Waals surface area contributed by atoms with Gasteiger partial charge in [-0.25, -0.2) is 4.39 Å². The van der Waals surface area contributed by atoms with Gasteiger partial charge in [0.2, 0.25) is 5.91 Å². The number of nitrogens with one attached hydrogen (secondary N) is 2. The van der Waals surface area contributed by atoms with Crippen molar-refractivity contribution in [2.45, 2.75) is 39.7 Å². The van der Waals surface area contributed by atoms with Crippen LogP contribution >= 0.6 is 22.9 Å². The molecular formula is C27H34ClFN4O4S. The minimum atomic E-state index is -0.714. The van der Waals surface area contributed by atoms with E-state index in [4.69, 9.17) is 16.3 Å². The molecule has 1 saturated heterocycles. The smallest absolute Gasteiger partial charge is 0.261 e. The summed E-state index contributed by atoms with van der Waals surface area (Å²) >= 11 is 7.15. The largest absolute Gasteiger partial charge is 0.370 e. The molecule has 1 aliphatic heterocycles. The Bertz CT molecular complexity index is 1180. The summed E-state index contributed by atoms with van der Waals surface area (Å²) in [6, 6.07) is 6.90. The van der Waals surface area contributed by atoms with E-state index in [0.717, 1.165) is 19.4 Å². The molecule has 206 valence electrons. The van der Waals surface area contributed by atoms with Crippen molar-refractivity contribution in [3.8, 4) is 0 Å². The molecular weight excluding hydrogens is 531 g/mol. The number of hydrogen-bond donors (Lipinski definition) is 2. The van der Waals surface area contributed by atoms with E-state index in [9.17, 15) is 14.4 Å². The lowest BCUT2D eigenvalue weighted by atomic mass is 9.94. The third-order valence-electron chi connectivity index (χ3n) is 6.37. The zero-order valence-corrected chi connectivity index (χ0v) is 23.5. The molecule has 1 aromatic heterocycles. The molecule has 0 radical (unpaired) electrons. The summed E-state index contributed by atoms with van der Waals surface area (Å²) in [5, 5.41) is 5.60. The van der Waals surface area contributed by atoms with Crippen molar-refractivity contribution in [3.63, 3.8) is 0 Å². The molecule has 2 heterocycles. The Morgan fingerprint density at radius 2 is 2.03 bits per heavy atom. The second-order valence-electron chi connectivity index (χ2n) is 11.0. The van der Waals surface area contributed by atoms with Crippen LogP contribution in [0.2, 0.25) is 4.34 Å². The van der Waals surface area contributed by atoms with E-state index in [2.05, 4.69) is 36.3 Å². The molecule has 11 heteroatoms. The molecule has 2 aliphatic rings. The van der Waals surface area contributed by atoms with Gasteiger partial charge >= 0.3 is 0 Å². The third-order valence-corrected chi connectivity index (χ3v) is 7.60. The van der Waals surface area contributed by atoms with Gasteiger partial charge in [0.05, 0.1) is 21.5 Å². The van der Waals surface area contributed by atoms with Gasteiger partial charge in [-0.1, -0.05) is 32.4 Å². The average Bonchev–Trinajstić information content (AvgIpc) is 3.55. The second-order valence-corrected chi connectivity index (χ2v) is 12.7. The van der Waals surface area contributed by atoms with Gasteiger partial charge in [-0.15, -0.1) is 11.3 Å². The van der Waals surface area contributed by atoms with E-state index in [-0.39, 0.29) is 36.1 Å². The number of halogens is 2. The van der Waals surface area contributed by atoms with Crippen molar-refractivity contribution >= 4 is 52.0 Å². The molecule has 3 amide bonds. The summed E-state index contributed by atoms with van der Waals surface area (Å²) < 4.78 is 20.8. The minimum Gasteiger partial charge on any atom is -0.370 e. The predicted molar refractivity (Wildman–Crippen MR) is 147 cm³/mol. The quantitative estimate of drug-likeness (QED) is 0.446. The number of rotatable bonds is 10. The van der Waals surface area contributed by atoms with Crippen LogP contribution in [0.3, 0.4) is 0 Å². The topological polar surface area (TPSA) is 91.0 Å². The van der Waals surface area contributed by atoms with Gasteiger partial charge in [-0.3, -0.25) is 19.3 Å².